The van der Waals surface area contributed by atoms with Gasteiger partial charge in [0.05, 0.1) is 12.2 Å². The van der Waals surface area contributed by atoms with Gasteiger partial charge in [-0.2, -0.15) is 0 Å². The van der Waals surface area contributed by atoms with Crippen molar-refractivity contribution >= 4 is 7.41 Å². The standard InChI is InChI=1S/C13H28BN3O4/c1-7(2)3-8-5-17(6-10(15)20-8)14-4-9-11(18)12(19)13(16)21-9/h7-14,18-19H,3-6,15-16H2,1-2H3. The largest absolute Gasteiger partial charge is 0.388 e. The fourth-order valence-corrected chi connectivity index (χ4v) is 3.11. The van der Waals surface area contributed by atoms with Crippen molar-refractivity contribution in [3.8, 4) is 0 Å². The molecule has 0 saturated carbocycles. The Balaban J connectivity index is 1.79. The van der Waals surface area contributed by atoms with Crippen molar-refractivity contribution in [3.05, 3.63) is 0 Å². The molecule has 122 valence electrons. The molecule has 0 bridgehead atoms. The third-order valence-corrected chi connectivity index (χ3v) is 4.13. The van der Waals surface area contributed by atoms with Gasteiger partial charge in [-0.1, -0.05) is 13.8 Å². The summed E-state index contributed by atoms with van der Waals surface area (Å²) in [6.45, 7) is 5.84. The zero-order valence-corrected chi connectivity index (χ0v) is 12.9. The van der Waals surface area contributed by atoms with Crippen LogP contribution in [0.3, 0.4) is 0 Å². The molecule has 7 nitrogen and oxygen atoms in total. The summed E-state index contributed by atoms with van der Waals surface area (Å²) >= 11 is 0. The fraction of sp³-hybridized carbons (Fsp3) is 1.00. The number of hydrogen-bond acceptors (Lipinski definition) is 7. The number of ether oxygens (including phenoxy) is 2. The normalized spacial score (nSPS) is 41.7. The van der Waals surface area contributed by atoms with E-state index in [1.807, 2.05) is 0 Å². The number of rotatable bonds is 5. The van der Waals surface area contributed by atoms with Gasteiger partial charge in [0.25, 0.3) is 0 Å². The van der Waals surface area contributed by atoms with Crippen LogP contribution in [0.25, 0.3) is 0 Å². The third-order valence-electron chi connectivity index (χ3n) is 4.13. The second-order valence-electron chi connectivity index (χ2n) is 6.59. The van der Waals surface area contributed by atoms with Crippen molar-refractivity contribution < 1.29 is 19.7 Å². The lowest BCUT2D eigenvalue weighted by molar-refractivity contribution is -0.0687. The van der Waals surface area contributed by atoms with Crippen molar-refractivity contribution in [3.63, 3.8) is 0 Å². The molecule has 8 heteroatoms. The van der Waals surface area contributed by atoms with E-state index >= 15 is 0 Å². The molecule has 0 aliphatic carbocycles. The van der Waals surface area contributed by atoms with Gasteiger partial charge in [0.15, 0.2) is 0 Å². The first-order chi connectivity index (χ1) is 9.86. The number of aliphatic hydroxyl groups is 2. The Morgan fingerprint density at radius 2 is 1.90 bits per heavy atom. The van der Waals surface area contributed by atoms with Crippen molar-refractivity contribution in [2.24, 2.45) is 17.4 Å². The maximum atomic E-state index is 9.86. The molecule has 0 aromatic rings. The fourth-order valence-electron chi connectivity index (χ4n) is 3.11. The van der Waals surface area contributed by atoms with Crippen LogP contribution >= 0.6 is 0 Å². The molecule has 6 atom stereocenters. The molecule has 21 heavy (non-hydrogen) atoms. The van der Waals surface area contributed by atoms with Gasteiger partial charge in [0.2, 0.25) is 7.41 Å². The van der Waals surface area contributed by atoms with E-state index in [9.17, 15) is 10.2 Å². The predicted molar refractivity (Wildman–Crippen MR) is 80.7 cm³/mol. The summed E-state index contributed by atoms with van der Waals surface area (Å²) in [7, 11) is 0.743. The number of aliphatic hydroxyl groups excluding tert-OH is 2. The molecule has 2 saturated heterocycles. The molecular formula is C13H28BN3O4. The molecule has 2 aliphatic rings. The summed E-state index contributed by atoms with van der Waals surface area (Å²) in [6, 6.07) is 0. The Hall–Kier alpha value is -0.215. The summed E-state index contributed by atoms with van der Waals surface area (Å²) in [5, 5.41) is 19.5. The summed E-state index contributed by atoms with van der Waals surface area (Å²) in [6.07, 6.45) is -1.66. The smallest absolute Gasteiger partial charge is 0.207 e. The molecule has 0 spiro atoms. The number of hydrogen-bond donors (Lipinski definition) is 4. The van der Waals surface area contributed by atoms with Crippen molar-refractivity contribution in [1.29, 1.82) is 0 Å². The topological polar surface area (TPSA) is 114 Å². The van der Waals surface area contributed by atoms with Crippen LogP contribution in [0.15, 0.2) is 0 Å². The number of morpholine rings is 1. The van der Waals surface area contributed by atoms with Crippen LogP contribution in [-0.2, 0) is 9.47 Å². The average Bonchev–Trinajstić information content (AvgIpc) is 2.62. The Morgan fingerprint density at radius 1 is 1.19 bits per heavy atom. The Kier molecular flexibility index (Phi) is 6.01. The van der Waals surface area contributed by atoms with Crippen molar-refractivity contribution in [2.45, 2.75) is 63.5 Å². The molecule has 6 N–H and O–H groups in total. The van der Waals surface area contributed by atoms with Crippen molar-refractivity contribution in [1.82, 2.24) is 4.81 Å². The highest BCUT2D eigenvalue weighted by atomic mass is 16.6. The maximum absolute atomic E-state index is 9.86. The Morgan fingerprint density at radius 3 is 2.48 bits per heavy atom. The zero-order chi connectivity index (χ0) is 15.6. The predicted octanol–water partition coefficient (Wildman–Crippen LogP) is -1.81. The Bertz CT molecular complexity index is 335. The van der Waals surface area contributed by atoms with E-state index in [2.05, 4.69) is 18.7 Å². The van der Waals surface area contributed by atoms with Gasteiger partial charge in [0, 0.05) is 13.1 Å². The van der Waals surface area contributed by atoms with E-state index in [4.69, 9.17) is 20.9 Å². The monoisotopic (exact) mass is 301 g/mol. The highest BCUT2D eigenvalue weighted by Gasteiger charge is 2.41. The van der Waals surface area contributed by atoms with Crippen LogP contribution in [0.5, 0.6) is 0 Å². The minimum atomic E-state index is -1.00. The molecule has 6 unspecified atom stereocenters. The lowest BCUT2D eigenvalue weighted by Crippen LogP contribution is -2.53. The molecule has 2 rings (SSSR count). The van der Waals surface area contributed by atoms with Gasteiger partial charge >= 0.3 is 0 Å². The average molecular weight is 301 g/mol. The summed E-state index contributed by atoms with van der Waals surface area (Å²) in [5.74, 6) is 0.565. The first-order valence-corrected chi connectivity index (χ1v) is 7.77. The summed E-state index contributed by atoms with van der Waals surface area (Å²) < 4.78 is 11.1. The minimum Gasteiger partial charge on any atom is -0.388 e. The number of nitrogens with two attached hydrogens (primary N) is 2. The first kappa shape index (κ1) is 17.1. The lowest BCUT2D eigenvalue weighted by atomic mass is 9.80. The molecule has 0 aromatic carbocycles. The molecular weight excluding hydrogens is 273 g/mol. The highest BCUT2D eigenvalue weighted by molar-refractivity contribution is 6.32. The molecule has 0 aromatic heterocycles. The first-order valence-electron chi connectivity index (χ1n) is 7.77. The zero-order valence-electron chi connectivity index (χ0n) is 12.9. The van der Waals surface area contributed by atoms with Gasteiger partial charge in [-0.15, -0.1) is 0 Å². The number of nitrogens with zero attached hydrogens (tertiary/aromatic N) is 1. The minimum absolute atomic E-state index is 0.149. The van der Waals surface area contributed by atoms with Crippen LogP contribution < -0.4 is 11.5 Å². The van der Waals surface area contributed by atoms with E-state index in [-0.39, 0.29) is 12.3 Å². The summed E-state index contributed by atoms with van der Waals surface area (Å²) in [4.78, 5) is 2.23. The lowest BCUT2D eigenvalue weighted by Gasteiger charge is -2.37. The summed E-state index contributed by atoms with van der Waals surface area (Å²) in [5.41, 5.74) is 11.5. The van der Waals surface area contributed by atoms with Crippen LogP contribution in [0.1, 0.15) is 20.3 Å². The van der Waals surface area contributed by atoms with Gasteiger partial charge < -0.3 is 36.0 Å². The molecule has 2 aliphatic heterocycles. The van der Waals surface area contributed by atoms with Gasteiger partial charge in [-0.3, -0.25) is 0 Å². The molecule has 2 fully saturated rings. The Labute approximate surface area is 126 Å². The van der Waals surface area contributed by atoms with E-state index in [1.165, 1.54) is 0 Å². The van der Waals surface area contributed by atoms with Gasteiger partial charge in [-0.25, -0.2) is 0 Å². The molecule has 0 radical (unpaired) electrons. The maximum Gasteiger partial charge on any atom is 0.207 e. The van der Waals surface area contributed by atoms with Crippen molar-refractivity contribution in [2.75, 3.05) is 13.1 Å². The van der Waals surface area contributed by atoms with Crippen LogP contribution in [0, 0.1) is 5.92 Å². The van der Waals surface area contributed by atoms with Crippen LogP contribution in [0.2, 0.25) is 6.32 Å². The third kappa shape index (κ3) is 4.62. The van der Waals surface area contributed by atoms with Crippen LogP contribution in [0.4, 0.5) is 0 Å². The van der Waals surface area contributed by atoms with Crippen LogP contribution in [-0.4, -0.2) is 72.4 Å². The highest BCUT2D eigenvalue weighted by Crippen LogP contribution is 2.22. The van der Waals surface area contributed by atoms with Gasteiger partial charge in [0.1, 0.15) is 24.7 Å². The second-order valence-corrected chi connectivity index (χ2v) is 6.59. The quantitative estimate of drug-likeness (QED) is 0.443. The SMILES string of the molecule is CC(C)CC1CN(BCC2OC(N)C(O)C2O)CC(N)O1. The van der Waals surface area contributed by atoms with E-state index in [0.717, 1.165) is 20.4 Å². The van der Waals surface area contributed by atoms with E-state index in [1.54, 1.807) is 0 Å². The van der Waals surface area contributed by atoms with Gasteiger partial charge in [-0.05, 0) is 18.7 Å². The molecule has 0 amide bonds. The second kappa shape index (κ2) is 7.37. The van der Waals surface area contributed by atoms with E-state index in [0.29, 0.717) is 18.8 Å². The molecule has 2 heterocycles. The van der Waals surface area contributed by atoms with E-state index < -0.39 is 24.5 Å².